The Morgan fingerprint density at radius 3 is 2.77 bits per heavy atom. The summed E-state index contributed by atoms with van der Waals surface area (Å²) in [6, 6.07) is 6.69. The molecule has 0 bridgehead atoms. The van der Waals surface area contributed by atoms with Crippen molar-refractivity contribution >= 4 is 22.8 Å². The van der Waals surface area contributed by atoms with Crippen LogP contribution in [0.4, 0.5) is 0 Å². The number of aromatic nitrogens is 2. The molecule has 3 N–H and O–H groups in total. The van der Waals surface area contributed by atoms with E-state index in [1.165, 1.54) is 4.90 Å². The van der Waals surface area contributed by atoms with Crippen molar-refractivity contribution in [2.75, 3.05) is 13.1 Å². The van der Waals surface area contributed by atoms with Crippen LogP contribution in [0.1, 0.15) is 36.8 Å². The maximum absolute atomic E-state index is 12.7. The highest BCUT2D eigenvalue weighted by Crippen LogP contribution is 2.37. The molecule has 1 aliphatic heterocycles. The number of aliphatic hydroxyl groups excluding tert-OH is 1. The molecular formula is C18H21N3O5. The molecule has 0 radical (unpaired) electrons. The molecule has 0 spiro atoms. The number of carbonyl (C=O) groups is 2. The van der Waals surface area contributed by atoms with Crippen molar-refractivity contribution in [3.8, 4) is 0 Å². The number of nitrogens with one attached hydrogen (secondary N) is 1. The molecule has 2 atom stereocenters. The van der Waals surface area contributed by atoms with Crippen molar-refractivity contribution in [3.05, 3.63) is 40.4 Å². The summed E-state index contributed by atoms with van der Waals surface area (Å²) >= 11 is 0. The second-order valence-electron chi connectivity index (χ2n) is 6.66. The van der Waals surface area contributed by atoms with E-state index in [-0.39, 0.29) is 25.3 Å². The molecule has 138 valence electrons. The maximum Gasteiger partial charge on any atom is 0.312 e. The number of H-pyrrole nitrogens is 1. The molecule has 2 heterocycles. The molecule has 1 saturated heterocycles. The van der Waals surface area contributed by atoms with Gasteiger partial charge in [-0.3, -0.25) is 14.4 Å². The minimum atomic E-state index is -1.24. The SMILES string of the molecule is CCC[C@]1(C(=O)O)CCN(C(=O)c2nc3ccccc3c(=O)[nH]2)C[C@@H]1O. The Bertz CT molecular complexity index is 909. The Kier molecular flexibility index (Phi) is 4.78. The standard InChI is InChI=1S/C18H21N3O5/c1-2-7-18(17(25)26)8-9-21(10-13(18)22)16(24)14-19-12-6-4-3-5-11(12)15(23)20-14/h3-6,13,22H,2,7-10H2,1H3,(H,25,26)(H,19,20,23)/t13-,18-/m0/s1. The number of carboxylic acid groups (broad SMARTS) is 1. The number of likely N-dealkylation sites (tertiary alicyclic amines) is 1. The van der Waals surface area contributed by atoms with Crippen molar-refractivity contribution in [2.45, 2.75) is 32.3 Å². The number of fused-ring (bicyclic) bond motifs is 1. The Hall–Kier alpha value is -2.74. The van der Waals surface area contributed by atoms with Crippen LogP contribution in [-0.4, -0.2) is 56.2 Å². The van der Waals surface area contributed by atoms with Crippen molar-refractivity contribution in [1.82, 2.24) is 14.9 Å². The first-order valence-corrected chi connectivity index (χ1v) is 8.59. The largest absolute Gasteiger partial charge is 0.481 e. The summed E-state index contributed by atoms with van der Waals surface area (Å²) in [7, 11) is 0. The van der Waals surface area contributed by atoms with Gasteiger partial charge in [0.1, 0.15) is 0 Å². The van der Waals surface area contributed by atoms with Crippen LogP contribution in [0, 0.1) is 5.41 Å². The molecular weight excluding hydrogens is 338 g/mol. The molecule has 0 aliphatic carbocycles. The van der Waals surface area contributed by atoms with Crippen LogP contribution in [0.25, 0.3) is 10.9 Å². The van der Waals surface area contributed by atoms with E-state index in [0.29, 0.717) is 23.7 Å². The summed E-state index contributed by atoms with van der Waals surface area (Å²) < 4.78 is 0. The number of carboxylic acids is 1. The van der Waals surface area contributed by atoms with E-state index in [2.05, 4.69) is 9.97 Å². The normalized spacial score (nSPS) is 23.2. The summed E-state index contributed by atoms with van der Waals surface area (Å²) in [6.45, 7) is 1.93. The zero-order valence-corrected chi connectivity index (χ0v) is 14.4. The first-order chi connectivity index (χ1) is 12.4. The van der Waals surface area contributed by atoms with Crippen LogP contribution in [0.2, 0.25) is 0 Å². The second kappa shape index (κ2) is 6.87. The molecule has 1 aliphatic rings. The maximum atomic E-state index is 12.7. The molecule has 0 unspecified atom stereocenters. The highest BCUT2D eigenvalue weighted by Gasteiger charge is 2.48. The van der Waals surface area contributed by atoms with E-state index >= 15 is 0 Å². The fourth-order valence-electron chi connectivity index (χ4n) is 3.59. The van der Waals surface area contributed by atoms with Gasteiger partial charge >= 0.3 is 5.97 Å². The van der Waals surface area contributed by atoms with Crippen LogP contribution in [-0.2, 0) is 4.79 Å². The van der Waals surface area contributed by atoms with Gasteiger partial charge in [0, 0.05) is 13.1 Å². The molecule has 8 heteroatoms. The minimum absolute atomic E-state index is 0.109. The zero-order chi connectivity index (χ0) is 18.9. The lowest BCUT2D eigenvalue weighted by Gasteiger charge is -2.42. The molecule has 0 saturated carbocycles. The lowest BCUT2D eigenvalue weighted by molar-refractivity contribution is -0.162. The number of amides is 1. The number of aliphatic hydroxyl groups is 1. The third-order valence-electron chi connectivity index (χ3n) is 5.08. The number of piperidine rings is 1. The number of aliphatic carboxylic acids is 1. The number of benzene rings is 1. The van der Waals surface area contributed by atoms with Gasteiger partial charge in [-0.15, -0.1) is 0 Å². The second-order valence-corrected chi connectivity index (χ2v) is 6.66. The van der Waals surface area contributed by atoms with Crippen molar-refractivity contribution in [1.29, 1.82) is 0 Å². The van der Waals surface area contributed by atoms with Crippen LogP contribution in [0.5, 0.6) is 0 Å². The van der Waals surface area contributed by atoms with E-state index in [0.717, 1.165) is 0 Å². The summed E-state index contributed by atoms with van der Waals surface area (Å²) in [5.41, 5.74) is -1.25. The number of hydrogen-bond donors (Lipinski definition) is 3. The van der Waals surface area contributed by atoms with Crippen LogP contribution >= 0.6 is 0 Å². The van der Waals surface area contributed by atoms with E-state index in [4.69, 9.17) is 0 Å². The van der Waals surface area contributed by atoms with Gasteiger partial charge in [0.15, 0.2) is 5.82 Å². The monoisotopic (exact) mass is 359 g/mol. The van der Waals surface area contributed by atoms with Crippen molar-refractivity contribution < 1.29 is 19.8 Å². The van der Waals surface area contributed by atoms with Crippen LogP contribution in [0.3, 0.4) is 0 Å². The Morgan fingerprint density at radius 2 is 2.12 bits per heavy atom. The van der Waals surface area contributed by atoms with E-state index < -0.39 is 29.0 Å². The number of rotatable bonds is 4. The Labute approximate surface area is 149 Å². The number of β-amino-alcohol motifs (C(OH)–C–C–N with tert-alkyl or cyclic N) is 1. The lowest BCUT2D eigenvalue weighted by atomic mass is 9.73. The number of aromatic amines is 1. The Balaban J connectivity index is 1.86. The number of carbonyl (C=O) groups excluding carboxylic acids is 1. The first kappa shape index (κ1) is 18.1. The number of para-hydroxylation sites is 1. The zero-order valence-electron chi connectivity index (χ0n) is 14.4. The average molecular weight is 359 g/mol. The van der Waals surface area contributed by atoms with Crippen LogP contribution < -0.4 is 5.56 Å². The van der Waals surface area contributed by atoms with E-state index in [9.17, 15) is 24.6 Å². The molecule has 8 nitrogen and oxygen atoms in total. The van der Waals surface area contributed by atoms with Gasteiger partial charge in [0.2, 0.25) is 0 Å². The molecule has 2 aromatic rings. The van der Waals surface area contributed by atoms with Gasteiger partial charge in [0.05, 0.1) is 22.4 Å². The molecule has 1 aromatic heterocycles. The third-order valence-corrected chi connectivity index (χ3v) is 5.08. The number of nitrogens with zero attached hydrogens (tertiary/aromatic N) is 2. The fourth-order valence-corrected chi connectivity index (χ4v) is 3.59. The van der Waals surface area contributed by atoms with Gasteiger partial charge < -0.3 is 20.1 Å². The first-order valence-electron chi connectivity index (χ1n) is 8.59. The molecule has 1 fully saturated rings. The Morgan fingerprint density at radius 1 is 1.38 bits per heavy atom. The van der Waals surface area contributed by atoms with Crippen molar-refractivity contribution in [3.63, 3.8) is 0 Å². The lowest BCUT2D eigenvalue weighted by Crippen LogP contribution is -2.56. The van der Waals surface area contributed by atoms with Gasteiger partial charge in [-0.05, 0) is 25.0 Å². The minimum Gasteiger partial charge on any atom is -0.481 e. The van der Waals surface area contributed by atoms with Gasteiger partial charge in [-0.2, -0.15) is 0 Å². The topological polar surface area (TPSA) is 124 Å². The third kappa shape index (κ3) is 2.96. The van der Waals surface area contributed by atoms with E-state index in [1.807, 2.05) is 6.92 Å². The van der Waals surface area contributed by atoms with E-state index in [1.54, 1.807) is 24.3 Å². The summed E-state index contributed by atoms with van der Waals surface area (Å²) in [5.74, 6) is -1.68. The highest BCUT2D eigenvalue weighted by molar-refractivity contribution is 5.93. The smallest absolute Gasteiger partial charge is 0.312 e. The predicted octanol–water partition coefficient (Wildman–Crippen LogP) is 1.00. The summed E-state index contributed by atoms with van der Waals surface area (Å²) in [6.07, 6.45) is -0.0567. The summed E-state index contributed by atoms with van der Waals surface area (Å²) in [5, 5.41) is 20.4. The van der Waals surface area contributed by atoms with Gasteiger partial charge in [0.25, 0.3) is 11.5 Å². The molecule has 26 heavy (non-hydrogen) atoms. The van der Waals surface area contributed by atoms with Gasteiger partial charge in [-0.1, -0.05) is 25.5 Å². The predicted molar refractivity (Wildman–Crippen MR) is 93.9 cm³/mol. The van der Waals surface area contributed by atoms with Gasteiger partial charge in [-0.25, -0.2) is 4.98 Å². The quantitative estimate of drug-likeness (QED) is 0.748. The fraction of sp³-hybridized carbons (Fsp3) is 0.444. The van der Waals surface area contributed by atoms with Crippen LogP contribution in [0.15, 0.2) is 29.1 Å². The number of hydrogen-bond acceptors (Lipinski definition) is 5. The average Bonchev–Trinajstić information content (AvgIpc) is 2.62. The molecule has 1 aromatic carbocycles. The highest BCUT2D eigenvalue weighted by atomic mass is 16.4. The summed E-state index contributed by atoms with van der Waals surface area (Å²) in [4.78, 5) is 44.6. The molecule has 3 rings (SSSR count). The molecule has 1 amide bonds. The van der Waals surface area contributed by atoms with Crippen molar-refractivity contribution in [2.24, 2.45) is 5.41 Å².